The lowest BCUT2D eigenvalue weighted by atomic mass is 10.2. The van der Waals surface area contributed by atoms with Crippen LogP contribution in [0.5, 0.6) is 0 Å². The van der Waals surface area contributed by atoms with Gasteiger partial charge in [-0.25, -0.2) is 0 Å². The third-order valence-corrected chi connectivity index (χ3v) is 17.4. The molecule has 0 amide bonds. The Bertz CT molecular complexity index is 2100. The minimum absolute atomic E-state index is 0. The van der Waals surface area contributed by atoms with E-state index in [9.17, 15) is 0 Å². The minimum Gasteiger partial charge on any atom is -1.00 e. The van der Waals surface area contributed by atoms with Crippen molar-refractivity contribution in [3.05, 3.63) is 251 Å². The maximum absolute atomic E-state index is 3.65. The van der Waals surface area contributed by atoms with Crippen molar-refractivity contribution in [3.8, 4) is 0 Å². The molecule has 8 rings (SSSR count). The number of halogens is 4. The molecule has 0 saturated heterocycles. The predicted molar refractivity (Wildman–Crippen MR) is 262 cm³/mol. The van der Waals surface area contributed by atoms with Crippen molar-refractivity contribution < 1.29 is 17.0 Å². The summed E-state index contributed by atoms with van der Waals surface area (Å²) >= 11 is 10.4. The van der Waals surface area contributed by atoms with Gasteiger partial charge < -0.3 is 17.0 Å². The fourth-order valence-corrected chi connectivity index (χ4v) is 14.3. The third kappa shape index (κ3) is 13.0. The van der Waals surface area contributed by atoms with Gasteiger partial charge in [-0.3, -0.25) is 0 Å². The Balaban J connectivity index is 0.000000209. The molecule has 0 unspecified atom stereocenters. The van der Waals surface area contributed by atoms with E-state index in [1.54, 1.807) is 0 Å². The Hall–Kier alpha value is -3.46. The van der Waals surface area contributed by atoms with Crippen LogP contribution in [0.3, 0.4) is 0 Å². The van der Waals surface area contributed by atoms with Gasteiger partial charge in [0.25, 0.3) is 0 Å². The molecule has 0 N–H and O–H groups in total. The summed E-state index contributed by atoms with van der Waals surface area (Å²) in [6.07, 6.45) is 1.00. The van der Waals surface area contributed by atoms with Crippen molar-refractivity contribution in [3.63, 3.8) is 0 Å². The molecule has 0 aliphatic carbocycles. The number of benzene rings is 8. The number of alkyl halides is 1. The molecular formula is C51H46Br4P2. The zero-order valence-corrected chi connectivity index (χ0v) is 38.9. The van der Waals surface area contributed by atoms with Crippen molar-refractivity contribution in [1.82, 2.24) is 0 Å². The second-order valence-electron chi connectivity index (χ2n) is 12.7. The number of hydrogen-bond donors (Lipinski definition) is 0. The van der Waals surface area contributed by atoms with Gasteiger partial charge >= 0.3 is 0 Å². The summed E-state index contributed by atoms with van der Waals surface area (Å²) in [5.74, 6) is 0. The SMILES string of the molecule is BrCc1cccc(Br)c1.Brc1cccc(C[P+](c2ccccc2)(c2ccccc2)c2ccccc2)c1.C.[Br-].c1ccc(P(c2ccccc2)c2ccccc2)cc1. The standard InChI is InChI=1S/C25H21BrP.C18H15P.C7H6Br2.CH4.BrH/c26-22-12-10-11-21(19-22)20-27(23-13-4-1-5-14-23,24-15-6-2-7-16-24)25-17-8-3-9-18-25;1-4-10-16(11-5-1)19(17-12-6-2-7-13-17)18-14-8-3-9-15-18;8-5-6-2-1-3-7(9)4-6;;/h1-19H,20H2;1-15H;1-4H,5H2;1H4;1H/q+1;;;;/p-1. The fourth-order valence-electron chi connectivity index (χ4n) is 6.48. The molecule has 0 aliphatic heterocycles. The van der Waals surface area contributed by atoms with Gasteiger partial charge in [0.05, 0.1) is 6.16 Å². The predicted octanol–water partition coefficient (Wildman–Crippen LogP) is 10.4. The minimum atomic E-state index is -1.82. The summed E-state index contributed by atoms with van der Waals surface area (Å²) in [4.78, 5) is 0. The first-order valence-corrected chi connectivity index (χ1v) is 24.1. The summed E-state index contributed by atoms with van der Waals surface area (Å²) in [7, 11) is -2.26. The summed E-state index contributed by atoms with van der Waals surface area (Å²) < 4.78 is 2.27. The molecule has 0 atom stereocenters. The van der Waals surface area contributed by atoms with E-state index in [0.29, 0.717) is 0 Å². The highest BCUT2D eigenvalue weighted by Gasteiger charge is 2.45. The van der Waals surface area contributed by atoms with Gasteiger partial charge in [0.1, 0.15) is 23.2 Å². The van der Waals surface area contributed by atoms with Crippen LogP contribution in [-0.4, -0.2) is 0 Å². The Labute approximate surface area is 378 Å². The van der Waals surface area contributed by atoms with Crippen molar-refractivity contribution in [2.75, 3.05) is 0 Å². The van der Waals surface area contributed by atoms with Gasteiger partial charge in [0, 0.05) is 14.3 Å². The van der Waals surface area contributed by atoms with Crippen LogP contribution in [0.1, 0.15) is 18.6 Å². The molecule has 288 valence electrons. The monoisotopic (exact) mass is 1040 g/mol. The molecule has 0 heterocycles. The van der Waals surface area contributed by atoms with E-state index in [1.807, 2.05) is 12.1 Å². The van der Waals surface area contributed by atoms with Gasteiger partial charge in [-0.15, -0.1) is 0 Å². The maximum atomic E-state index is 3.65. The van der Waals surface area contributed by atoms with E-state index >= 15 is 0 Å². The highest BCUT2D eigenvalue weighted by atomic mass is 79.9. The molecule has 0 fully saturated rings. The lowest BCUT2D eigenvalue weighted by Crippen LogP contribution is -3.00. The van der Waals surface area contributed by atoms with E-state index < -0.39 is 15.2 Å². The first-order chi connectivity index (χ1) is 27.1. The summed E-state index contributed by atoms with van der Waals surface area (Å²) in [5, 5.41) is 9.37. The van der Waals surface area contributed by atoms with Crippen LogP contribution in [0.25, 0.3) is 0 Å². The number of hydrogen-bond acceptors (Lipinski definition) is 0. The molecule has 0 bridgehead atoms. The molecular weight excluding hydrogens is 994 g/mol. The van der Waals surface area contributed by atoms with E-state index in [4.69, 9.17) is 0 Å². The van der Waals surface area contributed by atoms with Crippen molar-refractivity contribution >= 4 is 94.8 Å². The fraction of sp³-hybridized carbons (Fsp3) is 0.0588. The Morgan fingerprint density at radius 2 is 0.667 bits per heavy atom. The Morgan fingerprint density at radius 1 is 0.368 bits per heavy atom. The average molecular weight is 1040 g/mol. The van der Waals surface area contributed by atoms with Crippen molar-refractivity contribution in [2.24, 2.45) is 0 Å². The van der Waals surface area contributed by atoms with Gasteiger partial charge in [0.15, 0.2) is 0 Å². The van der Waals surface area contributed by atoms with Crippen molar-refractivity contribution in [1.29, 1.82) is 0 Å². The normalized spacial score (nSPS) is 10.4. The lowest BCUT2D eigenvalue weighted by molar-refractivity contribution is -0.0000106. The van der Waals surface area contributed by atoms with Crippen LogP contribution in [0.2, 0.25) is 0 Å². The zero-order chi connectivity index (χ0) is 38.1. The molecule has 0 aliphatic rings. The van der Waals surface area contributed by atoms with Gasteiger partial charge in [-0.1, -0.05) is 225 Å². The van der Waals surface area contributed by atoms with Crippen LogP contribution in [0, 0.1) is 0 Å². The van der Waals surface area contributed by atoms with Gasteiger partial charge in [-0.05, 0) is 95.6 Å². The Kier molecular flexibility index (Phi) is 19.8. The molecule has 0 nitrogen and oxygen atoms in total. The largest absolute Gasteiger partial charge is 1.00 e. The van der Waals surface area contributed by atoms with Crippen LogP contribution in [0.4, 0.5) is 0 Å². The van der Waals surface area contributed by atoms with Crippen LogP contribution < -0.4 is 48.8 Å². The Morgan fingerprint density at radius 3 is 0.965 bits per heavy atom. The topological polar surface area (TPSA) is 0 Å². The first-order valence-electron chi connectivity index (χ1n) is 18.1. The van der Waals surface area contributed by atoms with Crippen LogP contribution in [0.15, 0.2) is 239 Å². The first kappa shape index (κ1) is 46.2. The third-order valence-electron chi connectivity index (χ3n) is 8.99. The van der Waals surface area contributed by atoms with Gasteiger partial charge in [0.2, 0.25) is 0 Å². The highest BCUT2D eigenvalue weighted by molar-refractivity contribution is 9.10. The van der Waals surface area contributed by atoms with Crippen LogP contribution >= 0.6 is 63.0 Å². The van der Waals surface area contributed by atoms with E-state index in [2.05, 4.69) is 266 Å². The second kappa shape index (κ2) is 24.5. The number of rotatable bonds is 9. The van der Waals surface area contributed by atoms with E-state index in [0.717, 1.165) is 20.4 Å². The summed E-state index contributed by atoms with van der Waals surface area (Å²) in [6, 6.07) is 82.4. The quantitative estimate of drug-likeness (QED) is 0.0999. The molecule has 57 heavy (non-hydrogen) atoms. The maximum Gasteiger partial charge on any atom is 0.116 e. The zero-order valence-electron chi connectivity index (χ0n) is 30.8. The lowest BCUT2D eigenvalue weighted by Gasteiger charge is -2.28. The molecule has 8 aromatic rings. The smallest absolute Gasteiger partial charge is 0.116 e. The molecule has 0 spiro atoms. The molecule has 0 radical (unpaired) electrons. The molecule has 6 heteroatoms. The van der Waals surface area contributed by atoms with E-state index in [-0.39, 0.29) is 24.4 Å². The van der Waals surface area contributed by atoms with Gasteiger partial charge in [-0.2, -0.15) is 0 Å². The van der Waals surface area contributed by atoms with Crippen molar-refractivity contribution in [2.45, 2.75) is 18.9 Å². The molecule has 0 aromatic heterocycles. The van der Waals surface area contributed by atoms with Crippen LogP contribution in [-0.2, 0) is 11.5 Å². The second-order valence-corrected chi connectivity index (χ2v) is 20.8. The summed E-state index contributed by atoms with van der Waals surface area (Å²) in [6.45, 7) is 0. The molecule has 8 aromatic carbocycles. The molecule has 0 saturated carbocycles. The summed E-state index contributed by atoms with van der Waals surface area (Å²) in [5.41, 5.74) is 2.65. The van der Waals surface area contributed by atoms with E-state index in [1.165, 1.54) is 43.0 Å². The average Bonchev–Trinajstić information content (AvgIpc) is 3.25. The highest BCUT2D eigenvalue weighted by Crippen LogP contribution is 2.58.